The third kappa shape index (κ3) is 4.10. The van der Waals surface area contributed by atoms with Crippen molar-refractivity contribution in [3.63, 3.8) is 0 Å². The van der Waals surface area contributed by atoms with Crippen molar-refractivity contribution >= 4 is 22.9 Å². The molecular formula is C20H27N3OS. The Morgan fingerprint density at radius 1 is 1.32 bits per heavy atom. The molecule has 1 atom stereocenters. The molecule has 0 spiro atoms. The van der Waals surface area contributed by atoms with Crippen LogP contribution in [0.5, 0.6) is 0 Å². The Balaban J connectivity index is 1.60. The van der Waals surface area contributed by atoms with Crippen molar-refractivity contribution in [1.29, 1.82) is 0 Å². The highest BCUT2D eigenvalue weighted by Gasteiger charge is 2.42. The molecule has 25 heavy (non-hydrogen) atoms. The molecule has 0 unspecified atom stereocenters. The summed E-state index contributed by atoms with van der Waals surface area (Å²) in [5, 5.41) is 10.00. The minimum atomic E-state index is -0.0294. The lowest BCUT2D eigenvalue weighted by molar-refractivity contribution is -0.116. The van der Waals surface area contributed by atoms with E-state index in [0.717, 1.165) is 34.8 Å². The molecule has 1 aromatic carbocycles. The molecule has 5 heteroatoms. The first kappa shape index (κ1) is 18.1. The van der Waals surface area contributed by atoms with Crippen LogP contribution in [0.3, 0.4) is 0 Å². The second-order valence-corrected chi connectivity index (χ2v) is 8.20. The zero-order chi connectivity index (χ0) is 18.0. The van der Waals surface area contributed by atoms with Crippen LogP contribution in [-0.2, 0) is 10.3 Å². The number of aryl methyl sites for hydroxylation is 3. The number of amides is 1. The van der Waals surface area contributed by atoms with E-state index in [-0.39, 0.29) is 17.5 Å². The van der Waals surface area contributed by atoms with Gasteiger partial charge in [0, 0.05) is 29.2 Å². The van der Waals surface area contributed by atoms with Gasteiger partial charge in [0.25, 0.3) is 0 Å². The Morgan fingerprint density at radius 3 is 2.64 bits per heavy atom. The minimum absolute atomic E-state index is 0.0294. The van der Waals surface area contributed by atoms with Gasteiger partial charge < -0.3 is 10.6 Å². The number of nitrogens with zero attached hydrogens (tertiary/aromatic N) is 1. The van der Waals surface area contributed by atoms with Gasteiger partial charge in [0.15, 0.2) is 0 Å². The van der Waals surface area contributed by atoms with Crippen LogP contribution in [0.2, 0.25) is 0 Å². The van der Waals surface area contributed by atoms with E-state index < -0.39 is 0 Å². The van der Waals surface area contributed by atoms with Gasteiger partial charge in [0.05, 0.1) is 5.54 Å². The molecule has 2 N–H and O–H groups in total. The van der Waals surface area contributed by atoms with Crippen LogP contribution < -0.4 is 10.6 Å². The average Bonchev–Trinajstić information content (AvgIpc) is 2.92. The first-order valence-corrected chi connectivity index (χ1v) is 9.83. The molecule has 1 aliphatic rings. The molecule has 1 saturated carbocycles. The molecule has 0 aliphatic heterocycles. The summed E-state index contributed by atoms with van der Waals surface area (Å²) in [6.07, 6.45) is 3.87. The topological polar surface area (TPSA) is 54.0 Å². The molecule has 0 saturated heterocycles. The van der Waals surface area contributed by atoms with Crippen molar-refractivity contribution in [3.8, 4) is 0 Å². The molecule has 1 aromatic heterocycles. The van der Waals surface area contributed by atoms with E-state index in [1.54, 1.807) is 11.3 Å². The molecule has 134 valence electrons. The van der Waals surface area contributed by atoms with Crippen LogP contribution in [-0.4, -0.2) is 16.9 Å². The third-order valence-electron chi connectivity index (χ3n) is 4.91. The van der Waals surface area contributed by atoms with Gasteiger partial charge in [0.2, 0.25) is 5.91 Å². The van der Waals surface area contributed by atoms with Crippen molar-refractivity contribution in [2.24, 2.45) is 0 Å². The maximum Gasteiger partial charge on any atom is 0.225 e. The van der Waals surface area contributed by atoms with Crippen molar-refractivity contribution in [2.75, 3.05) is 5.32 Å². The van der Waals surface area contributed by atoms with Crippen LogP contribution in [0.4, 0.5) is 5.69 Å². The Labute approximate surface area is 154 Å². The Morgan fingerprint density at radius 2 is 2.08 bits per heavy atom. The summed E-state index contributed by atoms with van der Waals surface area (Å²) in [5.74, 6) is 0.0525. The molecule has 0 bridgehead atoms. The highest BCUT2D eigenvalue weighted by atomic mass is 32.1. The highest BCUT2D eigenvalue weighted by molar-refractivity contribution is 7.09. The van der Waals surface area contributed by atoms with E-state index in [9.17, 15) is 4.79 Å². The Bertz CT molecular complexity index is 764. The number of anilines is 1. The summed E-state index contributed by atoms with van der Waals surface area (Å²) < 4.78 is 0. The van der Waals surface area contributed by atoms with E-state index in [1.165, 1.54) is 12.0 Å². The highest BCUT2D eigenvalue weighted by Crippen LogP contribution is 2.43. The number of aromatic nitrogens is 1. The van der Waals surface area contributed by atoms with Gasteiger partial charge in [-0.25, -0.2) is 4.98 Å². The largest absolute Gasteiger partial charge is 0.326 e. The molecule has 2 aromatic rings. The third-order valence-corrected chi connectivity index (χ3v) is 6.07. The number of hydrogen-bond donors (Lipinski definition) is 2. The molecule has 1 fully saturated rings. The van der Waals surface area contributed by atoms with Crippen LogP contribution in [0, 0.1) is 20.8 Å². The number of rotatable bonds is 6. The molecule has 0 radical (unpaired) electrons. The van der Waals surface area contributed by atoms with E-state index in [1.807, 2.05) is 26.0 Å². The van der Waals surface area contributed by atoms with Crippen LogP contribution in [0.1, 0.15) is 54.4 Å². The fraction of sp³-hybridized carbons (Fsp3) is 0.500. The molecule has 1 amide bonds. The van der Waals surface area contributed by atoms with E-state index in [4.69, 9.17) is 0 Å². The maximum absolute atomic E-state index is 12.4. The van der Waals surface area contributed by atoms with Crippen LogP contribution in [0.25, 0.3) is 0 Å². The quantitative estimate of drug-likeness (QED) is 0.803. The number of benzene rings is 1. The summed E-state index contributed by atoms with van der Waals surface area (Å²) >= 11 is 1.72. The first-order valence-electron chi connectivity index (χ1n) is 8.95. The lowest BCUT2D eigenvalue weighted by Gasteiger charge is -2.43. The summed E-state index contributed by atoms with van der Waals surface area (Å²) in [6.45, 7) is 8.21. The minimum Gasteiger partial charge on any atom is -0.326 e. The van der Waals surface area contributed by atoms with E-state index in [2.05, 4.69) is 40.9 Å². The monoisotopic (exact) mass is 357 g/mol. The van der Waals surface area contributed by atoms with Gasteiger partial charge in [-0.1, -0.05) is 17.7 Å². The summed E-state index contributed by atoms with van der Waals surface area (Å²) in [6, 6.07) is 6.20. The molecule has 3 rings (SSSR count). The average molecular weight is 358 g/mol. The van der Waals surface area contributed by atoms with Crippen molar-refractivity contribution < 1.29 is 4.79 Å². The smallest absolute Gasteiger partial charge is 0.225 e. The van der Waals surface area contributed by atoms with Gasteiger partial charge in [-0.05, 0) is 58.6 Å². The predicted octanol–water partition coefficient (Wildman–Crippen LogP) is 4.45. The molecule has 1 aliphatic carbocycles. The Hall–Kier alpha value is -1.72. The van der Waals surface area contributed by atoms with Crippen molar-refractivity contribution in [2.45, 2.75) is 65.0 Å². The summed E-state index contributed by atoms with van der Waals surface area (Å²) in [4.78, 5) is 17.1. The van der Waals surface area contributed by atoms with Crippen molar-refractivity contribution in [1.82, 2.24) is 10.3 Å². The SMILES string of the molecule is Cc1ccc(NC(=O)C[C@H](C)NC2(c3nc(C)cs3)CCC2)c(C)c1. The summed E-state index contributed by atoms with van der Waals surface area (Å²) in [7, 11) is 0. The van der Waals surface area contributed by atoms with Gasteiger partial charge >= 0.3 is 0 Å². The van der Waals surface area contributed by atoms with E-state index in [0.29, 0.717) is 6.42 Å². The first-order chi connectivity index (χ1) is 11.9. The predicted molar refractivity (Wildman–Crippen MR) is 104 cm³/mol. The van der Waals surface area contributed by atoms with E-state index >= 15 is 0 Å². The lowest BCUT2D eigenvalue weighted by atomic mass is 9.76. The van der Waals surface area contributed by atoms with Gasteiger partial charge in [-0.15, -0.1) is 11.3 Å². The zero-order valence-electron chi connectivity index (χ0n) is 15.5. The lowest BCUT2D eigenvalue weighted by Crippen LogP contribution is -2.52. The Kier molecular flexibility index (Phi) is 5.25. The molecular weight excluding hydrogens is 330 g/mol. The fourth-order valence-electron chi connectivity index (χ4n) is 3.48. The maximum atomic E-state index is 12.4. The standard InChI is InChI=1S/C20H27N3OS/c1-13-6-7-17(14(2)10-13)22-18(24)11-15(3)23-20(8-5-9-20)19-21-16(4)12-25-19/h6-7,10,12,15,23H,5,8-9,11H2,1-4H3,(H,22,24)/t15-/m0/s1. The van der Waals surface area contributed by atoms with Crippen molar-refractivity contribution in [3.05, 3.63) is 45.4 Å². The van der Waals surface area contributed by atoms with Crippen LogP contribution in [0.15, 0.2) is 23.6 Å². The number of hydrogen-bond acceptors (Lipinski definition) is 4. The summed E-state index contributed by atoms with van der Waals surface area (Å²) in [5.41, 5.74) is 4.25. The fourth-order valence-corrected chi connectivity index (χ4v) is 4.50. The van der Waals surface area contributed by atoms with Gasteiger partial charge in [-0.2, -0.15) is 0 Å². The van der Waals surface area contributed by atoms with Gasteiger partial charge in [-0.3, -0.25) is 4.79 Å². The number of nitrogens with one attached hydrogen (secondary N) is 2. The normalized spacial score (nSPS) is 17.0. The molecule has 1 heterocycles. The number of carbonyl (C=O) groups excluding carboxylic acids is 1. The molecule has 4 nitrogen and oxygen atoms in total. The zero-order valence-corrected chi connectivity index (χ0v) is 16.3. The second-order valence-electron chi connectivity index (χ2n) is 7.35. The van der Waals surface area contributed by atoms with Crippen LogP contribution >= 0.6 is 11.3 Å². The second kappa shape index (κ2) is 7.26. The number of thiazole rings is 1. The van der Waals surface area contributed by atoms with Gasteiger partial charge in [0.1, 0.15) is 5.01 Å². The number of carbonyl (C=O) groups is 1.